The van der Waals surface area contributed by atoms with Gasteiger partial charge in [-0.2, -0.15) is 0 Å². The second kappa shape index (κ2) is 4.45. The van der Waals surface area contributed by atoms with Crippen LogP contribution in [0.4, 0.5) is 0 Å². The molecule has 0 N–H and O–H groups in total. The van der Waals surface area contributed by atoms with Gasteiger partial charge in [0.25, 0.3) is 0 Å². The van der Waals surface area contributed by atoms with Crippen molar-refractivity contribution in [3.8, 4) is 11.4 Å². The normalized spacial score (nSPS) is 10.3. The van der Waals surface area contributed by atoms with Gasteiger partial charge in [0.2, 0.25) is 0 Å². The Labute approximate surface area is 93.8 Å². The summed E-state index contributed by atoms with van der Waals surface area (Å²) >= 11 is 1.64. The van der Waals surface area contributed by atoms with Crippen molar-refractivity contribution in [2.75, 3.05) is 6.26 Å². The molecule has 0 aliphatic carbocycles. The van der Waals surface area contributed by atoms with Gasteiger partial charge >= 0.3 is 0 Å². The zero-order chi connectivity index (χ0) is 10.7. The van der Waals surface area contributed by atoms with Gasteiger partial charge in [-0.1, -0.05) is 12.1 Å². The van der Waals surface area contributed by atoms with Gasteiger partial charge in [0.15, 0.2) is 0 Å². The Kier molecular flexibility index (Phi) is 3.02. The summed E-state index contributed by atoms with van der Waals surface area (Å²) in [6.45, 7) is 1.99. The molecule has 0 saturated carbocycles. The number of aromatic nitrogens is 2. The van der Waals surface area contributed by atoms with Crippen LogP contribution in [0.25, 0.3) is 11.4 Å². The summed E-state index contributed by atoms with van der Waals surface area (Å²) in [4.78, 5) is 8.95. The minimum Gasteiger partial charge on any atom is -0.251 e. The van der Waals surface area contributed by atoms with E-state index in [0.29, 0.717) is 0 Å². The molecule has 2 aromatic heterocycles. The lowest BCUT2D eigenvalue weighted by molar-refractivity contribution is 1.11. The van der Waals surface area contributed by atoms with Gasteiger partial charge in [0, 0.05) is 5.69 Å². The van der Waals surface area contributed by atoms with Crippen LogP contribution in [0.3, 0.4) is 0 Å². The fraction of sp³-hybridized carbons (Fsp3) is 0.167. The monoisotopic (exact) mass is 216 g/mol. The third-order valence-electron chi connectivity index (χ3n) is 2.08. The van der Waals surface area contributed by atoms with E-state index in [1.807, 2.05) is 49.6 Å². The molecule has 0 saturated heterocycles. The highest BCUT2D eigenvalue weighted by Crippen LogP contribution is 2.18. The molecule has 0 amide bonds. The van der Waals surface area contributed by atoms with Crippen LogP contribution in [-0.4, -0.2) is 16.2 Å². The Morgan fingerprint density at radius 3 is 2.27 bits per heavy atom. The van der Waals surface area contributed by atoms with Gasteiger partial charge in [0.1, 0.15) is 0 Å². The molecular weight excluding hydrogens is 204 g/mol. The lowest BCUT2D eigenvalue weighted by Crippen LogP contribution is -1.89. The number of pyridine rings is 2. The van der Waals surface area contributed by atoms with Crippen molar-refractivity contribution in [3.63, 3.8) is 0 Å². The van der Waals surface area contributed by atoms with Crippen LogP contribution in [0, 0.1) is 6.92 Å². The van der Waals surface area contributed by atoms with Crippen LogP contribution in [0.15, 0.2) is 41.4 Å². The molecular formula is C12H12N2S. The first-order valence-corrected chi connectivity index (χ1v) is 5.97. The summed E-state index contributed by atoms with van der Waals surface area (Å²) in [6, 6.07) is 12.0. The predicted octanol–water partition coefficient (Wildman–Crippen LogP) is 3.17. The number of hydrogen-bond donors (Lipinski definition) is 0. The highest BCUT2D eigenvalue weighted by Gasteiger charge is 2.01. The third kappa shape index (κ3) is 2.36. The largest absolute Gasteiger partial charge is 0.251 e. The standard InChI is InChI=1S/C12H12N2S/c1-9-5-3-6-10(13-9)11-7-4-8-12(14-11)15-2/h3-8H,1-2H3. The summed E-state index contributed by atoms with van der Waals surface area (Å²) < 4.78 is 0. The second-order valence-corrected chi connectivity index (χ2v) is 4.06. The molecule has 2 nitrogen and oxygen atoms in total. The van der Waals surface area contributed by atoms with Crippen LogP contribution in [-0.2, 0) is 0 Å². The van der Waals surface area contributed by atoms with Gasteiger partial charge < -0.3 is 0 Å². The molecule has 3 heteroatoms. The third-order valence-corrected chi connectivity index (χ3v) is 2.73. The number of thioether (sulfide) groups is 1. The van der Waals surface area contributed by atoms with E-state index in [-0.39, 0.29) is 0 Å². The molecule has 76 valence electrons. The SMILES string of the molecule is CSc1cccc(-c2cccc(C)n2)n1. The van der Waals surface area contributed by atoms with Crippen molar-refractivity contribution < 1.29 is 0 Å². The number of rotatable bonds is 2. The summed E-state index contributed by atoms with van der Waals surface area (Å²) in [5, 5.41) is 1.02. The highest BCUT2D eigenvalue weighted by atomic mass is 32.2. The Bertz CT molecular complexity index is 469. The highest BCUT2D eigenvalue weighted by molar-refractivity contribution is 7.98. The van der Waals surface area contributed by atoms with Gasteiger partial charge in [-0.05, 0) is 37.4 Å². The smallest absolute Gasteiger partial charge is 0.0965 e. The average molecular weight is 216 g/mol. The van der Waals surface area contributed by atoms with E-state index in [1.165, 1.54) is 0 Å². The molecule has 0 fully saturated rings. The van der Waals surface area contributed by atoms with Crippen molar-refractivity contribution in [2.45, 2.75) is 11.9 Å². The maximum absolute atomic E-state index is 4.50. The number of hydrogen-bond acceptors (Lipinski definition) is 3. The van der Waals surface area contributed by atoms with E-state index in [0.717, 1.165) is 22.1 Å². The minimum absolute atomic E-state index is 0.936. The molecule has 0 radical (unpaired) electrons. The minimum atomic E-state index is 0.936. The van der Waals surface area contributed by atoms with Gasteiger partial charge in [-0.25, -0.2) is 4.98 Å². The van der Waals surface area contributed by atoms with Crippen molar-refractivity contribution in [1.29, 1.82) is 0 Å². The Morgan fingerprint density at radius 1 is 0.933 bits per heavy atom. The summed E-state index contributed by atoms with van der Waals surface area (Å²) in [5.41, 5.74) is 2.89. The molecule has 0 bridgehead atoms. The van der Waals surface area contributed by atoms with Crippen molar-refractivity contribution in [2.24, 2.45) is 0 Å². The van der Waals surface area contributed by atoms with E-state index in [9.17, 15) is 0 Å². The molecule has 0 atom stereocenters. The first-order chi connectivity index (χ1) is 7.29. The zero-order valence-electron chi connectivity index (χ0n) is 8.77. The fourth-order valence-corrected chi connectivity index (χ4v) is 1.76. The lowest BCUT2D eigenvalue weighted by atomic mass is 10.2. The topological polar surface area (TPSA) is 25.8 Å². The number of aryl methyl sites for hydroxylation is 1. The van der Waals surface area contributed by atoms with Gasteiger partial charge in [-0.3, -0.25) is 4.98 Å². The van der Waals surface area contributed by atoms with Gasteiger partial charge in [-0.15, -0.1) is 11.8 Å². The summed E-state index contributed by atoms with van der Waals surface area (Å²) in [6.07, 6.45) is 2.02. The molecule has 0 unspecified atom stereocenters. The average Bonchev–Trinajstić information content (AvgIpc) is 2.29. The van der Waals surface area contributed by atoms with Crippen molar-refractivity contribution >= 4 is 11.8 Å². The predicted molar refractivity (Wildman–Crippen MR) is 64.0 cm³/mol. The molecule has 0 aliphatic rings. The first kappa shape index (κ1) is 10.2. The van der Waals surface area contributed by atoms with E-state index in [2.05, 4.69) is 9.97 Å². The molecule has 0 spiro atoms. The van der Waals surface area contributed by atoms with Crippen LogP contribution in [0.5, 0.6) is 0 Å². The summed E-state index contributed by atoms with van der Waals surface area (Å²) in [5.74, 6) is 0. The van der Waals surface area contributed by atoms with E-state index >= 15 is 0 Å². The van der Waals surface area contributed by atoms with Crippen molar-refractivity contribution in [1.82, 2.24) is 9.97 Å². The Balaban J connectivity index is 2.44. The fourth-order valence-electron chi connectivity index (χ4n) is 1.36. The first-order valence-electron chi connectivity index (χ1n) is 4.74. The molecule has 15 heavy (non-hydrogen) atoms. The van der Waals surface area contributed by atoms with Crippen LogP contribution in [0.2, 0.25) is 0 Å². The maximum Gasteiger partial charge on any atom is 0.0965 e. The Morgan fingerprint density at radius 2 is 1.60 bits per heavy atom. The van der Waals surface area contributed by atoms with E-state index < -0.39 is 0 Å². The second-order valence-electron chi connectivity index (χ2n) is 3.23. The summed E-state index contributed by atoms with van der Waals surface area (Å²) in [7, 11) is 0. The van der Waals surface area contributed by atoms with Crippen LogP contribution in [0.1, 0.15) is 5.69 Å². The molecule has 0 aromatic carbocycles. The molecule has 2 heterocycles. The van der Waals surface area contributed by atoms with E-state index in [4.69, 9.17) is 0 Å². The van der Waals surface area contributed by atoms with E-state index in [1.54, 1.807) is 11.8 Å². The number of nitrogens with zero attached hydrogens (tertiary/aromatic N) is 2. The molecule has 2 rings (SSSR count). The molecule has 2 aromatic rings. The maximum atomic E-state index is 4.50. The van der Waals surface area contributed by atoms with Crippen molar-refractivity contribution in [3.05, 3.63) is 42.1 Å². The quantitative estimate of drug-likeness (QED) is 0.721. The zero-order valence-corrected chi connectivity index (χ0v) is 9.58. The van der Waals surface area contributed by atoms with Crippen LogP contribution >= 0.6 is 11.8 Å². The Hall–Kier alpha value is -1.35. The lowest BCUT2D eigenvalue weighted by Gasteiger charge is -2.02. The van der Waals surface area contributed by atoms with Gasteiger partial charge in [0.05, 0.1) is 16.4 Å². The molecule has 0 aliphatic heterocycles. The van der Waals surface area contributed by atoms with Crippen LogP contribution < -0.4 is 0 Å².